The molecule has 1 aromatic heterocycles. The highest BCUT2D eigenvalue weighted by Gasteiger charge is 2.24. The van der Waals surface area contributed by atoms with Crippen LogP contribution in [0.3, 0.4) is 0 Å². The second kappa shape index (κ2) is 7.43. The quantitative estimate of drug-likeness (QED) is 0.836. The zero-order valence-electron chi connectivity index (χ0n) is 12.2. The number of aliphatic hydroxyl groups is 1. The van der Waals surface area contributed by atoms with Crippen molar-refractivity contribution in [1.29, 1.82) is 0 Å². The second-order valence-corrected chi connectivity index (χ2v) is 5.60. The third-order valence-corrected chi connectivity index (χ3v) is 4.20. The molecule has 2 N–H and O–H groups in total. The lowest BCUT2D eigenvalue weighted by Gasteiger charge is -2.30. The number of hydrogen-bond acceptors (Lipinski definition) is 3. The van der Waals surface area contributed by atoms with Gasteiger partial charge in [-0.05, 0) is 25.2 Å². The van der Waals surface area contributed by atoms with Crippen LogP contribution in [0.4, 0.5) is 0 Å². The number of hydrogen-bond donors (Lipinski definition) is 2. The van der Waals surface area contributed by atoms with Gasteiger partial charge in [0.2, 0.25) is 0 Å². The predicted octanol–water partition coefficient (Wildman–Crippen LogP) is 1.96. The van der Waals surface area contributed by atoms with Gasteiger partial charge in [-0.15, -0.1) is 0 Å². The first-order valence-corrected chi connectivity index (χ1v) is 7.68. The van der Waals surface area contributed by atoms with Crippen molar-refractivity contribution >= 4 is 5.91 Å². The van der Waals surface area contributed by atoms with E-state index in [1.54, 1.807) is 17.1 Å². The number of aromatic nitrogens is 2. The summed E-state index contributed by atoms with van der Waals surface area (Å²) >= 11 is 0. The van der Waals surface area contributed by atoms with Crippen molar-refractivity contribution < 1.29 is 9.90 Å². The first kappa shape index (κ1) is 15.0. The van der Waals surface area contributed by atoms with Gasteiger partial charge in [-0.3, -0.25) is 9.48 Å². The molecule has 1 aliphatic rings. The molecule has 112 valence electrons. The predicted molar refractivity (Wildman–Crippen MR) is 77.4 cm³/mol. The largest absolute Gasteiger partial charge is 0.394 e. The average Bonchev–Trinajstić information content (AvgIpc) is 2.94. The van der Waals surface area contributed by atoms with Gasteiger partial charge < -0.3 is 10.4 Å². The summed E-state index contributed by atoms with van der Waals surface area (Å²) in [7, 11) is 0. The number of aliphatic hydroxyl groups excluding tert-OH is 1. The van der Waals surface area contributed by atoms with E-state index in [1.807, 2.05) is 0 Å². The van der Waals surface area contributed by atoms with E-state index in [4.69, 9.17) is 5.11 Å². The normalized spacial score (nSPS) is 17.9. The average molecular weight is 279 g/mol. The third kappa shape index (κ3) is 3.82. The number of nitrogens with one attached hydrogen (secondary N) is 1. The Labute approximate surface area is 120 Å². The molecule has 20 heavy (non-hydrogen) atoms. The molecule has 0 radical (unpaired) electrons. The minimum absolute atomic E-state index is 0.0302. The molecular formula is C15H25N3O2. The highest BCUT2D eigenvalue weighted by Crippen LogP contribution is 2.27. The highest BCUT2D eigenvalue weighted by atomic mass is 16.3. The van der Waals surface area contributed by atoms with Crippen molar-refractivity contribution in [3.05, 3.63) is 18.0 Å². The van der Waals surface area contributed by atoms with Crippen LogP contribution in [0.25, 0.3) is 0 Å². The molecule has 0 aromatic carbocycles. The summed E-state index contributed by atoms with van der Waals surface area (Å²) in [5, 5.41) is 16.1. The van der Waals surface area contributed by atoms with Crippen molar-refractivity contribution in [2.24, 2.45) is 5.92 Å². The minimum atomic E-state index is -0.0494. The molecule has 0 spiro atoms. The first-order chi connectivity index (χ1) is 9.74. The fourth-order valence-electron chi connectivity index (χ4n) is 3.05. The number of rotatable bonds is 6. The Hall–Kier alpha value is -1.36. The molecular weight excluding hydrogens is 254 g/mol. The van der Waals surface area contributed by atoms with Crippen LogP contribution in [0, 0.1) is 5.92 Å². The Kier molecular flexibility index (Phi) is 5.59. The maximum Gasteiger partial charge on any atom is 0.254 e. The van der Waals surface area contributed by atoms with Crippen LogP contribution >= 0.6 is 0 Å². The lowest BCUT2D eigenvalue weighted by molar-refractivity contribution is 0.0911. The molecule has 1 amide bonds. The molecule has 1 atom stereocenters. The van der Waals surface area contributed by atoms with Crippen molar-refractivity contribution in [2.45, 2.75) is 58.0 Å². The maximum absolute atomic E-state index is 12.2. The van der Waals surface area contributed by atoms with Gasteiger partial charge in [0.15, 0.2) is 0 Å². The van der Waals surface area contributed by atoms with E-state index in [2.05, 4.69) is 17.3 Å². The number of carbonyl (C=O) groups excluding carboxylic acids is 1. The SMILES string of the molecule is CCC(NC(=O)c1cnn(CCO)c1)C1CCCCC1. The van der Waals surface area contributed by atoms with Crippen LogP contribution in [-0.2, 0) is 6.54 Å². The summed E-state index contributed by atoms with van der Waals surface area (Å²) in [6.07, 6.45) is 10.6. The number of amides is 1. The topological polar surface area (TPSA) is 67.2 Å². The van der Waals surface area contributed by atoms with Crippen LogP contribution in [-0.4, -0.2) is 33.4 Å². The van der Waals surface area contributed by atoms with Gasteiger partial charge in [0.1, 0.15) is 0 Å². The van der Waals surface area contributed by atoms with Gasteiger partial charge >= 0.3 is 0 Å². The molecule has 0 aliphatic heterocycles. The Bertz CT molecular complexity index is 425. The lowest BCUT2D eigenvalue weighted by Crippen LogP contribution is -2.40. The van der Waals surface area contributed by atoms with Gasteiger partial charge in [-0.2, -0.15) is 5.10 Å². The van der Waals surface area contributed by atoms with Crippen LogP contribution in [0.2, 0.25) is 0 Å². The third-order valence-electron chi connectivity index (χ3n) is 4.20. The molecule has 1 unspecified atom stereocenters. The summed E-state index contributed by atoms with van der Waals surface area (Å²) in [6.45, 7) is 2.59. The summed E-state index contributed by atoms with van der Waals surface area (Å²) in [4.78, 5) is 12.2. The molecule has 5 nitrogen and oxygen atoms in total. The zero-order chi connectivity index (χ0) is 14.4. The summed E-state index contributed by atoms with van der Waals surface area (Å²) < 4.78 is 1.59. The zero-order valence-corrected chi connectivity index (χ0v) is 12.2. The van der Waals surface area contributed by atoms with E-state index in [9.17, 15) is 4.79 Å². The monoisotopic (exact) mass is 279 g/mol. The van der Waals surface area contributed by atoms with Gasteiger partial charge in [0, 0.05) is 12.2 Å². The number of carbonyl (C=O) groups is 1. The molecule has 1 fully saturated rings. The van der Waals surface area contributed by atoms with E-state index in [0.717, 1.165) is 6.42 Å². The van der Waals surface area contributed by atoms with Crippen molar-refractivity contribution in [2.75, 3.05) is 6.61 Å². The van der Waals surface area contributed by atoms with Gasteiger partial charge in [0.05, 0.1) is 24.9 Å². The second-order valence-electron chi connectivity index (χ2n) is 5.60. The van der Waals surface area contributed by atoms with Crippen LogP contribution in [0.5, 0.6) is 0 Å². The van der Waals surface area contributed by atoms with Crippen molar-refractivity contribution in [1.82, 2.24) is 15.1 Å². The standard InChI is InChI=1S/C15H25N3O2/c1-2-14(12-6-4-3-5-7-12)17-15(20)13-10-16-18(11-13)8-9-19/h10-12,14,19H,2-9H2,1H3,(H,17,20). The Morgan fingerprint density at radius 3 is 2.90 bits per heavy atom. The summed E-state index contributed by atoms with van der Waals surface area (Å²) in [6, 6.07) is 0.268. The highest BCUT2D eigenvalue weighted by molar-refractivity contribution is 5.93. The molecule has 0 bridgehead atoms. The summed E-state index contributed by atoms with van der Waals surface area (Å²) in [5.74, 6) is 0.566. The van der Waals surface area contributed by atoms with Crippen molar-refractivity contribution in [3.63, 3.8) is 0 Å². The summed E-state index contributed by atoms with van der Waals surface area (Å²) in [5.41, 5.74) is 0.577. The van der Waals surface area contributed by atoms with Crippen LogP contribution < -0.4 is 5.32 Å². The van der Waals surface area contributed by atoms with Crippen LogP contribution in [0.15, 0.2) is 12.4 Å². The van der Waals surface area contributed by atoms with Crippen LogP contribution in [0.1, 0.15) is 55.8 Å². The Morgan fingerprint density at radius 1 is 1.50 bits per heavy atom. The van der Waals surface area contributed by atoms with E-state index < -0.39 is 0 Å². The van der Waals surface area contributed by atoms with E-state index >= 15 is 0 Å². The smallest absolute Gasteiger partial charge is 0.254 e. The van der Waals surface area contributed by atoms with E-state index in [-0.39, 0.29) is 18.6 Å². The molecule has 1 aliphatic carbocycles. The fraction of sp³-hybridized carbons (Fsp3) is 0.733. The molecule has 2 rings (SSSR count). The lowest BCUT2D eigenvalue weighted by atomic mass is 9.83. The van der Waals surface area contributed by atoms with Gasteiger partial charge in [-0.1, -0.05) is 26.2 Å². The Balaban J connectivity index is 1.93. The van der Waals surface area contributed by atoms with Crippen molar-refractivity contribution in [3.8, 4) is 0 Å². The molecule has 5 heteroatoms. The molecule has 1 heterocycles. The van der Waals surface area contributed by atoms with E-state index in [1.165, 1.54) is 32.1 Å². The Morgan fingerprint density at radius 2 is 2.25 bits per heavy atom. The van der Waals surface area contributed by atoms with Gasteiger partial charge in [-0.25, -0.2) is 0 Å². The maximum atomic E-state index is 12.2. The minimum Gasteiger partial charge on any atom is -0.394 e. The fourth-order valence-corrected chi connectivity index (χ4v) is 3.05. The van der Waals surface area contributed by atoms with Gasteiger partial charge in [0.25, 0.3) is 5.91 Å². The first-order valence-electron chi connectivity index (χ1n) is 7.68. The molecule has 0 saturated heterocycles. The molecule has 1 saturated carbocycles. The number of nitrogens with zero attached hydrogens (tertiary/aromatic N) is 2. The van der Waals surface area contributed by atoms with E-state index in [0.29, 0.717) is 18.0 Å². The molecule has 1 aromatic rings.